The molecule has 0 atom stereocenters. The van der Waals surface area contributed by atoms with E-state index in [9.17, 15) is 19.2 Å². The van der Waals surface area contributed by atoms with E-state index in [0.717, 1.165) is 0 Å². The molecule has 0 bridgehead atoms. The first-order chi connectivity index (χ1) is 13.8. The van der Waals surface area contributed by atoms with Crippen LogP contribution in [-0.4, -0.2) is 54.9 Å². The fourth-order valence-electron chi connectivity index (χ4n) is 2.25. The molecule has 0 fully saturated rings. The van der Waals surface area contributed by atoms with Gasteiger partial charge >= 0.3 is 5.97 Å². The summed E-state index contributed by atoms with van der Waals surface area (Å²) in [4.78, 5) is 49.7. The molecule has 0 unspecified atom stereocenters. The quantitative estimate of drug-likeness (QED) is 0.406. The molecule has 2 amide bonds. The Morgan fingerprint density at radius 1 is 1.03 bits per heavy atom. The van der Waals surface area contributed by atoms with Crippen LogP contribution in [0.1, 0.15) is 27.6 Å². The molecule has 0 aliphatic rings. The van der Waals surface area contributed by atoms with E-state index in [2.05, 4.69) is 5.32 Å². The normalized spacial score (nSPS) is 10.2. The molecule has 29 heavy (non-hydrogen) atoms. The van der Waals surface area contributed by atoms with Gasteiger partial charge in [0.15, 0.2) is 12.4 Å². The van der Waals surface area contributed by atoms with Crippen LogP contribution in [0.3, 0.4) is 0 Å². The van der Waals surface area contributed by atoms with Gasteiger partial charge in [0, 0.05) is 30.2 Å². The third-order valence-electron chi connectivity index (χ3n) is 3.84. The van der Waals surface area contributed by atoms with Gasteiger partial charge in [-0.3, -0.25) is 14.4 Å². The molecule has 2 aromatic rings. The molecule has 0 aliphatic carbocycles. The summed E-state index contributed by atoms with van der Waals surface area (Å²) in [7, 11) is 3.32. The maximum absolute atomic E-state index is 12.4. The minimum Gasteiger partial charge on any atom is -0.452 e. The molecule has 0 spiro atoms. The Bertz CT molecular complexity index is 927. The van der Waals surface area contributed by atoms with Crippen LogP contribution in [0.15, 0.2) is 53.4 Å². The van der Waals surface area contributed by atoms with E-state index in [0.29, 0.717) is 16.1 Å². The summed E-state index contributed by atoms with van der Waals surface area (Å²) in [6, 6.07) is 13.2. The van der Waals surface area contributed by atoms with Gasteiger partial charge in [0.2, 0.25) is 5.91 Å². The maximum atomic E-state index is 12.4. The van der Waals surface area contributed by atoms with Crippen LogP contribution < -0.4 is 5.32 Å². The van der Waals surface area contributed by atoms with Crippen molar-refractivity contribution in [2.45, 2.75) is 11.8 Å². The second-order valence-corrected chi connectivity index (χ2v) is 7.35. The summed E-state index contributed by atoms with van der Waals surface area (Å²) in [6.07, 6.45) is 0. The number of ketones is 1. The number of amides is 2. The smallest absolute Gasteiger partial charge is 0.339 e. The summed E-state index contributed by atoms with van der Waals surface area (Å²) < 4.78 is 5.11. The van der Waals surface area contributed by atoms with Crippen LogP contribution in [0.2, 0.25) is 0 Å². The highest BCUT2D eigenvalue weighted by molar-refractivity contribution is 8.00. The van der Waals surface area contributed by atoms with E-state index >= 15 is 0 Å². The van der Waals surface area contributed by atoms with Crippen molar-refractivity contribution >= 4 is 41.0 Å². The van der Waals surface area contributed by atoms with Crippen molar-refractivity contribution in [3.8, 4) is 0 Å². The number of hydrogen-bond donors (Lipinski definition) is 1. The third kappa shape index (κ3) is 6.76. The summed E-state index contributed by atoms with van der Waals surface area (Å²) in [6.45, 7) is 0.961. The summed E-state index contributed by atoms with van der Waals surface area (Å²) >= 11 is 1.23. The zero-order chi connectivity index (χ0) is 21.4. The molecule has 0 radical (unpaired) electrons. The van der Waals surface area contributed by atoms with E-state index < -0.39 is 18.5 Å². The fourth-order valence-corrected chi connectivity index (χ4v) is 3.27. The average molecular weight is 414 g/mol. The molecule has 1 N–H and O–H groups in total. The first-order valence-corrected chi connectivity index (χ1v) is 9.76. The molecule has 8 heteroatoms. The van der Waals surface area contributed by atoms with Gasteiger partial charge in [-0.05, 0) is 31.2 Å². The largest absolute Gasteiger partial charge is 0.452 e. The number of Topliss-reactive ketones (excluding diaryl/α,β-unsaturated/α-hetero) is 1. The van der Waals surface area contributed by atoms with E-state index in [1.54, 1.807) is 62.6 Å². The summed E-state index contributed by atoms with van der Waals surface area (Å²) in [5.41, 5.74) is 1.20. The number of anilines is 1. The number of nitrogens with zero attached hydrogens (tertiary/aromatic N) is 1. The van der Waals surface area contributed by atoms with Crippen LogP contribution in [0.4, 0.5) is 5.69 Å². The molecule has 0 aliphatic heterocycles. The summed E-state index contributed by atoms with van der Waals surface area (Å²) in [5.74, 6) is -1.19. The van der Waals surface area contributed by atoms with Gasteiger partial charge < -0.3 is 15.0 Å². The second kappa shape index (κ2) is 10.4. The predicted molar refractivity (Wildman–Crippen MR) is 111 cm³/mol. The summed E-state index contributed by atoms with van der Waals surface area (Å²) in [5, 5.41) is 2.59. The zero-order valence-electron chi connectivity index (χ0n) is 16.4. The lowest BCUT2D eigenvalue weighted by Gasteiger charge is -2.12. The molecule has 0 saturated heterocycles. The molecular formula is C21H22N2O5S. The Hall–Kier alpha value is -3.13. The number of rotatable bonds is 8. The number of carbonyl (C=O) groups excluding carboxylic acids is 4. The van der Waals surface area contributed by atoms with Gasteiger partial charge in [-0.1, -0.05) is 24.3 Å². The van der Waals surface area contributed by atoms with Gasteiger partial charge in [0.25, 0.3) is 5.91 Å². The number of benzene rings is 2. The van der Waals surface area contributed by atoms with Crippen LogP contribution in [0.5, 0.6) is 0 Å². The van der Waals surface area contributed by atoms with E-state index in [-0.39, 0.29) is 23.0 Å². The lowest BCUT2D eigenvalue weighted by atomic mass is 10.1. The molecule has 152 valence electrons. The van der Waals surface area contributed by atoms with Crippen molar-refractivity contribution in [3.05, 3.63) is 59.7 Å². The Morgan fingerprint density at radius 2 is 1.76 bits per heavy atom. The Labute approximate surface area is 173 Å². The lowest BCUT2D eigenvalue weighted by molar-refractivity contribution is -0.125. The number of ether oxygens (including phenoxy) is 1. The first kappa shape index (κ1) is 22.2. The zero-order valence-corrected chi connectivity index (χ0v) is 17.2. The van der Waals surface area contributed by atoms with Gasteiger partial charge in [0.05, 0.1) is 11.3 Å². The van der Waals surface area contributed by atoms with E-state index in [4.69, 9.17) is 4.74 Å². The molecule has 0 heterocycles. The Morgan fingerprint density at radius 3 is 2.45 bits per heavy atom. The maximum Gasteiger partial charge on any atom is 0.339 e. The van der Waals surface area contributed by atoms with Crippen molar-refractivity contribution in [1.82, 2.24) is 4.90 Å². The average Bonchev–Trinajstić information content (AvgIpc) is 2.70. The predicted octanol–water partition coefficient (Wildman–Crippen LogP) is 2.87. The van der Waals surface area contributed by atoms with Gasteiger partial charge in [-0.15, -0.1) is 11.8 Å². The van der Waals surface area contributed by atoms with Gasteiger partial charge in [-0.2, -0.15) is 0 Å². The van der Waals surface area contributed by atoms with Crippen LogP contribution in [0, 0.1) is 0 Å². The molecule has 0 aromatic heterocycles. The van der Waals surface area contributed by atoms with Crippen LogP contribution >= 0.6 is 11.8 Å². The van der Waals surface area contributed by atoms with Crippen molar-refractivity contribution in [1.29, 1.82) is 0 Å². The molecule has 2 aromatic carbocycles. The highest BCUT2D eigenvalue weighted by Gasteiger charge is 2.16. The Kier molecular flexibility index (Phi) is 7.97. The highest BCUT2D eigenvalue weighted by Crippen LogP contribution is 2.23. The van der Waals surface area contributed by atoms with Gasteiger partial charge in [0.1, 0.15) is 0 Å². The standard InChI is InChI=1S/C21H22N2O5S/c1-14(24)15-7-6-8-16(11-15)22-19(25)12-28-21(27)17-9-4-5-10-18(17)29-13-20(26)23(2)3/h4-11H,12-13H2,1-3H3,(H,22,25). The monoisotopic (exact) mass is 414 g/mol. The number of thioether (sulfide) groups is 1. The second-order valence-electron chi connectivity index (χ2n) is 6.33. The van der Waals surface area contributed by atoms with E-state index in [1.165, 1.54) is 23.6 Å². The van der Waals surface area contributed by atoms with Crippen molar-refractivity contribution < 1.29 is 23.9 Å². The molecule has 7 nitrogen and oxygen atoms in total. The van der Waals surface area contributed by atoms with Crippen LogP contribution in [-0.2, 0) is 14.3 Å². The first-order valence-electron chi connectivity index (χ1n) is 8.78. The van der Waals surface area contributed by atoms with Crippen LogP contribution in [0.25, 0.3) is 0 Å². The van der Waals surface area contributed by atoms with Crippen molar-refractivity contribution in [2.75, 3.05) is 31.8 Å². The van der Waals surface area contributed by atoms with Crippen molar-refractivity contribution in [2.24, 2.45) is 0 Å². The number of hydrogen-bond acceptors (Lipinski definition) is 6. The fraction of sp³-hybridized carbons (Fsp3) is 0.238. The van der Waals surface area contributed by atoms with Crippen molar-refractivity contribution in [3.63, 3.8) is 0 Å². The topological polar surface area (TPSA) is 92.8 Å². The number of carbonyl (C=O) groups is 4. The van der Waals surface area contributed by atoms with Gasteiger partial charge in [-0.25, -0.2) is 4.79 Å². The number of esters is 1. The van der Waals surface area contributed by atoms with E-state index in [1.807, 2.05) is 0 Å². The minimum absolute atomic E-state index is 0.0784. The molecular weight excluding hydrogens is 392 g/mol. The highest BCUT2D eigenvalue weighted by atomic mass is 32.2. The molecule has 0 saturated carbocycles. The Balaban J connectivity index is 1.95. The SMILES string of the molecule is CC(=O)c1cccc(NC(=O)COC(=O)c2ccccc2SCC(=O)N(C)C)c1. The molecule has 2 rings (SSSR count). The minimum atomic E-state index is -0.655. The number of nitrogens with one attached hydrogen (secondary N) is 1. The lowest BCUT2D eigenvalue weighted by Crippen LogP contribution is -2.23. The third-order valence-corrected chi connectivity index (χ3v) is 4.90.